The summed E-state index contributed by atoms with van der Waals surface area (Å²) in [5, 5.41) is 2.86. The van der Waals surface area contributed by atoms with Crippen LogP contribution in [0.5, 0.6) is 11.5 Å². The van der Waals surface area contributed by atoms with Gasteiger partial charge in [-0.15, -0.1) is 0 Å². The van der Waals surface area contributed by atoms with Crippen LogP contribution < -0.4 is 19.1 Å². The number of rotatable bonds is 10. The van der Waals surface area contributed by atoms with Crippen molar-refractivity contribution < 1.29 is 27.5 Å². The SMILES string of the molecule is Cc1cccc(CN(C(=O)CN(c2ccc3c(c2)OCO3)S(C)(=O)=O)[C@H](C)C(=O)NCC(C)C)c1. The number of carbonyl (C=O) groups is 2. The minimum atomic E-state index is -3.82. The van der Waals surface area contributed by atoms with Gasteiger partial charge in [-0.25, -0.2) is 8.42 Å². The maximum absolute atomic E-state index is 13.6. The number of hydrogen-bond donors (Lipinski definition) is 1. The Morgan fingerprint density at radius 2 is 1.77 bits per heavy atom. The molecule has 0 spiro atoms. The fourth-order valence-electron chi connectivity index (χ4n) is 3.70. The number of fused-ring (bicyclic) bond motifs is 1. The van der Waals surface area contributed by atoms with Gasteiger partial charge < -0.3 is 19.7 Å². The third-order valence-electron chi connectivity index (χ3n) is 5.61. The first-order chi connectivity index (χ1) is 16.5. The molecule has 0 radical (unpaired) electrons. The van der Waals surface area contributed by atoms with E-state index in [1.807, 2.05) is 45.0 Å². The van der Waals surface area contributed by atoms with Crippen molar-refractivity contribution in [3.05, 3.63) is 53.6 Å². The van der Waals surface area contributed by atoms with Gasteiger partial charge in [-0.2, -0.15) is 0 Å². The Bertz CT molecular complexity index is 1180. The van der Waals surface area contributed by atoms with E-state index in [0.717, 1.165) is 21.7 Å². The summed E-state index contributed by atoms with van der Waals surface area (Å²) in [6.07, 6.45) is 1.04. The minimum Gasteiger partial charge on any atom is -0.454 e. The number of ether oxygens (including phenoxy) is 2. The number of carbonyl (C=O) groups excluding carboxylic acids is 2. The zero-order valence-electron chi connectivity index (χ0n) is 20.8. The maximum atomic E-state index is 13.6. The van der Waals surface area contributed by atoms with E-state index < -0.39 is 28.5 Å². The van der Waals surface area contributed by atoms with Crippen molar-refractivity contribution in [2.45, 2.75) is 40.3 Å². The van der Waals surface area contributed by atoms with Gasteiger partial charge >= 0.3 is 0 Å². The molecular weight excluding hydrogens is 470 g/mol. The van der Waals surface area contributed by atoms with Gasteiger partial charge in [0.05, 0.1) is 11.9 Å². The summed E-state index contributed by atoms with van der Waals surface area (Å²) in [6.45, 7) is 7.77. The second-order valence-corrected chi connectivity index (χ2v) is 11.0. The number of aryl methyl sites for hydroxylation is 1. The summed E-state index contributed by atoms with van der Waals surface area (Å²) in [5.41, 5.74) is 2.14. The van der Waals surface area contributed by atoms with Crippen molar-refractivity contribution in [1.82, 2.24) is 10.2 Å². The molecule has 1 heterocycles. The predicted molar refractivity (Wildman–Crippen MR) is 134 cm³/mol. The molecule has 1 aliphatic rings. The number of nitrogens with zero attached hydrogens (tertiary/aromatic N) is 2. The van der Waals surface area contributed by atoms with Gasteiger partial charge in [0.15, 0.2) is 11.5 Å². The number of benzene rings is 2. The Kier molecular flexibility index (Phi) is 8.26. The van der Waals surface area contributed by atoms with Crippen LogP contribution in [-0.4, -0.2) is 57.3 Å². The van der Waals surface area contributed by atoms with E-state index in [9.17, 15) is 18.0 Å². The summed E-state index contributed by atoms with van der Waals surface area (Å²) in [5.74, 6) is 0.362. The highest BCUT2D eigenvalue weighted by atomic mass is 32.2. The van der Waals surface area contributed by atoms with Gasteiger partial charge in [0.2, 0.25) is 28.6 Å². The summed E-state index contributed by atoms with van der Waals surface area (Å²) >= 11 is 0. The van der Waals surface area contributed by atoms with Crippen LogP contribution >= 0.6 is 0 Å². The van der Waals surface area contributed by atoms with Crippen molar-refractivity contribution in [3.63, 3.8) is 0 Å². The average molecular weight is 504 g/mol. The van der Waals surface area contributed by atoms with Gasteiger partial charge in [-0.3, -0.25) is 13.9 Å². The molecule has 35 heavy (non-hydrogen) atoms. The molecule has 2 aromatic rings. The molecular formula is C25H33N3O6S. The van der Waals surface area contributed by atoms with E-state index in [2.05, 4.69) is 5.32 Å². The number of nitrogens with one attached hydrogen (secondary N) is 1. The molecule has 0 saturated heterocycles. The molecule has 1 N–H and O–H groups in total. The van der Waals surface area contributed by atoms with Gasteiger partial charge in [0, 0.05) is 19.2 Å². The highest BCUT2D eigenvalue weighted by molar-refractivity contribution is 7.92. The van der Waals surface area contributed by atoms with Gasteiger partial charge in [0.25, 0.3) is 0 Å². The van der Waals surface area contributed by atoms with Crippen molar-refractivity contribution in [2.24, 2.45) is 5.92 Å². The Hall–Kier alpha value is -3.27. The molecule has 9 nitrogen and oxygen atoms in total. The van der Waals surface area contributed by atoms with E-state index in [-0.39, 0.29) is 30.9 Å². The number of sulfonamides is 1. The van der Waals surface area contributed by atoms with E-state index in [0.29, 0.717) is 18.0 Å². The Labute approximate surface area is 207 Å². The van der Waals surface area contributed by atoms with Crippen LogP contribution in [0.25, 0.3) is 0 Å². The van der Waals surface area contributed by atoms with Crippen LogP contribution in [0.4, 0.5) is 5.69 Å². The second-order valence-electron chi connectivity index (χ2n) is 9.13. The molecule has 190 valence electrons. The largest absolute Gasteiger partial charge is 0.454 e. The zero-order chi connectivity index (χ0) is 25.8. The lowest BCUT2D eigenvalue weighted by Gasteiger charge is -2.31. The first-order valence-electron chi connectivity index (χ1n) is 11.5. The molecule has 0 fully saturated rings. The third kappa shape index (κ3) is 6.88. The molecule has 0 bridgehead atoms. The summed E-state index contributed by atoms with van der Waals surface area (Å²) in [4.78, 5) is 27.8. The van der Waals surface area contributed by atoms with Crippen LogP contribution in [0.2, 0.25) is 0 Å². The second kappa shape index (κ2) is 11.0. The maximum Gasteiger partial charge on any atom is 0.244 e. The monoisotopic (exact) mass is 503 g/mol. The molecule has 10 heteroatoms. The Balaban J connectivity index is 1.89. The van der Waals surface area contributed by atoms with Crippen LogP contribution in [0, 0.1) is 12.8 Å². The van der Waals surface area contributed by atoms with E-state index in [1.54, 1.807) is 19.1 Å². The van der Waals surface area contributed by atoms with E-state index in [4.69, 9.17) is 9.47 Å². The van der Waals surface area contributed by atoms with E-state index in [1.165, 1.54) is 11.0 Å². The fraction of sp³-hybridized carbons (Fsp3) is 0.440. The topological polar surface area (TPSA) is 105 Å². The number of amides is 2. The number of hydrogen-bond acceptors (Lipinski definition) is 6. The van der Waals surface area contributed by atoms with Gasteiger partial charge in [-0.05, 0) is 37.5 Å². The highest BCUT2D eigenvalue weighted by Crippen LogP contribution is 2.36. The molecule has 3 rings (SSSR count). The molecule has 0 aromatic heterocycles. The van der Waals surface area contributed by atoms with Crippen LogP contribution in [0.1, 0.15) is 31.9 Å². The molecule has 0 saturated carbocycles. The average Bonchev–Trinajstić information content (AvgIpc) is 3.26. The van der Waals surface area contributed by atoms with Crippen LogP contribution in [0.15, 0.2) is 42.5 Å². The van der Waals surface area contributed by atoms with Crippen molar-refractivity contribution >= 4 is 27.5 Å². The lowest BCUT2D eigenvalue weighted by Crippen LogP contribution is -2.51. The van der Waals surface area contributed by atoms with Gasteiger partial charge in [-0.1, -0.05) is 43.7 Å². The molecule has 1 aliphatic heterocycles. The molecule has 0 unspecified atom stereocenters. The summed E-state index contributed by atoms with van der Waals surface area (Å²) in [6, 6.07) is 11.5. The molecule has 2 aromatic carbocycles. The third-order valence-corrected chi connectivity index (χ3v) is 6.75. The smallest absolute Gasteiger partial charge is 0.244 e. The normalized spacial score (nSPS) is 13.4. The van der Waals surface area contributed by atoms with Crippen molar-refractivity contribution in [2.75, 3.05) is 30.4 Å². The zero-order valence-corrected chi connectivity index (χ0v) is 21.6. The Morgan fingerprint density at radius 3 is 2.43 bits per heavy atom. The molecule has 2 amide bonds. The van der Waals surface area contributed by atoms with Crippen molar-refractivity contribution in [1.29, 1.82) is 0 Å². The minimum absolute atomic E-state index is 0.0455. The lowest BCUT2D eigenvalue weighted by atomic mass is 10.1. The van der Waals surface area contributed by atoms with Crippen LogP contribution in [-0.2, 0) is 26.2 Å². The fourth-order valence-corrected chi connectivity index (χ4v) is 4.54. The molecule has 1 atom stereocenters. The molecule has 0 aliphatic carbocycles. The van der Waals surface area contributed by atoms with Gasteiger partial charge in [0.1, 0.15) is 12.6 Å². The quantitative estimate of drug-likeness (QED) is 0.535. The predicted octanol–water partition coefficient (Wildman–Crippen LogP) is 2.68. The Morgan fingerprint density at radius 1 is 1.06 bits per heavy atom. The summed E-state index contributed by atoms with van der Waals surface area (Å²) < 4.78 is 37.0. The highest BCUT2D eigenvalue weighted by Gasteiger charge is 2.30. The standard InChI is InChI=1S/C25H33N3O6S/c1-17(2)13-26-25(30)19(4)27(14-20-8-6-7-18(3)11-20)24(29)15-28(35(5,31)32)21-9-10-22-23(12-21)34-16-33-22/h6-12,17,19H,13-16H2,1-5H3,(H,26,30)/t19-/m1/s1. The first-order valence-corrected chi connectivity index (χ1v) is 13.3. The summed E-state index contributed by atoms with van der Waals surface area (Å²) in [7, 11) is -3.82. The number of anilines is 1. The van der Waals surface area contributed by atoms with E-state index >= 15 is 0 Å². The lowest BCUT2D eigenvalue weighted by molar-refractivity contribution is -0.139. The van der Waals surface area contributed by atoms with Crippen LogP contribution in [0.3, 0.4) is 0 Å². The first kappa shape index (κ1) is 26.3. The van der Waals surface area contributed by atoms with Crippen molar-refractivity contribution in [3.8, 4) is 11.5 Å².